The van der Waals surface area contributed by atoms with E-state index in [0.29, 0.717) is 34.1 Å². The van der Waals surface area contributed by atoms with Gasteiger partial charge in [-0.2, -0.15) is 5.26 Å². The van der Waals surface area contributed by atoms with Crippen LogP contribution in [0.15, 0.2) is 60.7 Å². The average molecular weight is 904 g/mol. The maximum absolute atomic E-state index is 14.6. The lowest BCUT2D eigenvalue weighted by Gasteiger charge is -2.32. The first-order valence-electron chi connectivity index (χ1n) is 21.8. The van der Waals surface area contributed by atoms with Crippen molar-refractivity contribution in [3.8, 4) is 40.1 Å². The molecule has 18 nitrogen and oxygen atoms in total. The van der Waals surface area contributed by atoms with E-state index in [2.05, 4.69) is 52.0 Å². The number of amides is 5. The topological polar surface area (TPSA) is 294 Å². The van der Waals surface area contributed by atoms with E-state index in [4.69, 9.17) is 27.2 Å². The molecule has 0 radical (unpaired) electrons. The summed E-state index contributed by atoms with van der Waals surface area (Å²) in [5, 5.41) is 31.2. The molecule has 4 aromatic rings. The monoisotopic (exact) mass is 903 g/mol. The summed E-state index contributed by atoms with van der Waals surface area (Å²) in [5.74, 6) is -3.14. The molecule has 18 heteroatoms. The van der Waals surface area contributed by atoms with Crippen molar-refractivity contribution < 1.29 is 33.8 Å². The number of aromatic hydroxyl groups is 1. The van der Waals surface area contributed by atoms with E-state index in [9.17, 15) is 29.1 Å². The number of nitrogens with one attached hydrogen (secondary N) is 4. The number of benzene rings is 3. The molecule has 2 heterocycles. The number of nitriles is 1. The van der Waals surface area contributed by atoms with Gasteiger partial charge in [-0.15, -0.1) is 0 Å². The van der Waals surface area contributed by atoms with Gasteiger partial charge in [-0.1, -0.05) is 57.2 Å². The smallest absolute Gasteiger partial charge is 0.255 e. The molecule has 5 rings (SSSR count). The second kappa shape index (κ2) is 21.8. The highest BCUT2D eigenvalue weighted by Gasteiger charge is 2.36. The summed E-state index contributed by atoms with van der Waals surface area (Å²) in [5.41, 5.74) is 22.0. The summed E-state index contributed by atoms with van der Waals surface area (Å²) >= 11 is 0. The molecule has 0 aliphatic carbocycles. The number of aryl methyl sites for hydroxylation is 2. The van der Waals surface area contributed by atoms with E-state index >= 15 is 0 Å². The standard InChI is InChI=1S/C48H61N11O7/c1-26-40(27(2)55-42(54-26)31-9-12-33(13-10-31)48(4,5)6)45(63)57-36(16-17-49)47(65)59(7)41-32-11-14-38(60)34(22-32)35-20-29(8-15-39(35)66-25-30(23-51)24-52)21-37(44(62)53-19-18-50)58-43(61)28(3)56-46(41)64/h8-15,20,22,28,30,36-37,41,60H,16-17,19,21,23-25,49,51-52H2,1-7H3,(H,53,62)(H,56,64)(H,57,63)(H,58,61)/t28-,36-,37-,41-/m0/s1. The molecule has 1 aromatic heterocycles. The number of likely N-dealkylation sites (N-methyl/N-ethyl adjacent to an activating group) is 1. The molecule has 0 spiro atoms. The van der Waals surface area contributed by atoms with Gasteiger partial charge in [0.2, 0.25) is 23.6 Å². The number of phenolic OH excluding ortho intramolecular Hbond substituents is 1. The molecule has 11 N–H and O–H groups in total. The van der Waals surface area contributed by atoms with Gasteiger partial charge in [-0.25, -0.2) is 9.97 Å². The summed E-state index contributed by atoms with van der Waals surface area (Å²) in [7, 11) is 1.38. The molecule has 0 fully saturated rings. The number of nitrogens with zero attached hydrogens (tertiary/aromatic N) is 4. The van der Waals surface area contributed by atoms with Crippen LogP contribution in [-0.4, -0.2) is 107 Å². The molecule has 5 amide bonds. The maximum Gasteiger partial charge on any atom is 0.255 e. The van der Waals surface area contributed by atoms with Gasteiger partial charge in [0, 0.05) is 36.1 Å². The Hall–Kier alpha value is -6.94. The van der Waals surface area contributed by atoms with Gasteiger partial charge in [0.15, 0.2) is 5.82 Å². The van der Waals surface area contributed by atoms with Crippen LogP contribution in [0.5, 0.6) is 11.5 Å². The van der Waals surface area contributed by atoms with Crippen molar-refractivity contribution in [3.05, 3.63) is 94.3 Å². The molecule has 0 saturated heterocycles. The molecule has 4 atom stereocenters. The van der Waals surface area contributed by atoms with Crippen molar-refractivity contribution in [2.45, 2.75) is 84.0 Å². The predicted molar refractivity (Wildman–Crippen MR) is 249 cm³/mol. The first-order valence-corrected chi connectivity index (χ1v) is 21.8. The molecule has 1 aliphatic heterocycles. The zero-order valence-electron chi connectivity index (χ0n) is 38.5. The van der Waals surface area contributed by atoms with Gasteiger partial charge in [0.1, 0.15) is 42.2 Å². The largest absolute Gasteiger partial charge is 0.507 e. The Kier molecular flexibility index (Phi) is 16.6. The van der Waals surface area contributed by atoms with Crippen LogP contribution in [0.3, 0.4) is 0 Å². The van der Waals surface area contributed by atoms with Gasteiger partial charge < -0.3 is 53.2 Å². The van der Waals surface area contributed by atoms with E-state index in [0.717, 1.165) is 16.0 Å². The van der Waals surface area contributed by atoms with Crippen molar-refractivity contribution in [2.24, 2.45) is 23.1 Å². The molecule has 1 aliphatic rings. The van der Waals surface area contributed by atoms with Gasteiger partial charge >= 0.3 is 0 Å². The Balaban J connectivity index is 1.54. The third kappa shape index (κ3) is 11.8. The van der Waals surface area contributed by atoms with E-state index in [1.807, 2.05) is 30.3 Å². The first-order chi connectivity index (χ1) is 31.3. The van der Waals surface area contributed by atoms with Crippen molar-refractivity contribution in [2.75, 3.05) is 39.8 Å². The molecule has 350 valence electrons. The minimum Gasteiger partial charge on any atom is -0.507 e. The van der Waals surface area contributed by atoms with Crippen LogP contribution in [-0.2, 0) is 31.0 Å². The second-order valence-corrected chi connectivity index (χ2v) is 17.5. The number of hydrogen-bond donors (Lipinski definition) is 8. The summed E-state index contributed by atoms with van der Waals surface area (Å²) in [6, 6.07) is 14.0. The fourth-order valence-corrected chi connectivity index (χ4v) is 7.64. The van der Waals surface area contributed by atoms with E-state index < -0.39 is 53.7 Å². The molecule has 4 bridgehead atoms. The number of ether oxygens (including phenoxy) is 1. The van der Waals surface area contributed by atoms with Crippen LogP contribution in [0.1, 0.15) is 78.6 Å². The number of carbonyl (C=O) groups excluding carboxylic acids is 5. The third-order valence-electron chi connectivity index (χ3n) is 11.5. The quantitative estimate of drug-likeness (QED) is 0.0844. The summed E-state index contributed by atoms with van der Waals surface area (Å²) < 4.78 is 6.21. The number of carbonyl (C=O) groups is 5. The molecular weight excluding hydrogens is 843 g/mol. The Morgan fingerprint density at radius 1 is 0.955 bits per heavy atom. The molecule has 3 aromatic carbocycles. The predicted octanol–water partition coefficient (Wildman–Crippen LogP) is 2.18. The lowest BCUT2D eigenvalue weighted by molar-refractivity contribution is -0.141. The number of aromatic nitrogens is 2. The molecule has 66 heavy (non-hydrogen) atoms. The second-order valence-electron chi connectivity index (χ2n) is 17.5. The van der Waals surface area contributed by atoms with Crippen molar-refractivity contribution in [3.63, 3.8) is 0 Å². The number of phenols is 1. The van der Waals surface area contributed by atoms with Gasteiger partial charge in [-0.05, 0) is 93.2 Å². The van der Waals surface area contributed by atoms with Crippen LogP contribution in [0.2, 0.25) is 0 Å². The van der Waals surface area contributed by atoms with Gasteiger partial charge in [0.25, 0.3) is 5.91 Å². The number of rotatable bonds is 14. The van der Waals surface area contributed by atoms with E-state index in [1.165, 1.54) is 32.2 Å². The lowest BCUT2D eigenvalue weighted by atomic mass is 9.86. The van der Waals surface area contributed by atoms with Crippen LogP contribution >= 0.6 is 0 Å². The maximum atomic E-state index is 14.6. The van der Waals surface area contributed by atoms with Crippen molar-refractivity contribution >= 4 is 29.5 Å². The number of hydrogen-bond acceptors (Lipinski definition) is 13. The van der Waals surface area contributed by atoms with Crippen LogP contribution < -0.4 is 43.2 Å². The highest BCUT2D eigenvalue weighted by atomic mass is 16.5. The summed E-state index contributed by atoms with van der Waals surface area (Å²) in [4.78, 5) is 80.7. The van der Waals surface area contributed by atoms with Crippen molar-refractivity contribution in [1.29, 1.82) is 5.26 Å². The van der Waals surface area contributed by atoms with Crippen LogP contribution in [0, 0.1) is 31.1 Å². The fraction of sp³-hybridized carbons (Fsp3) is 0.417. The average Bonchev–Trinajstić information content (AvgIpc) is 3.27. The Morgan fingerprint density at radius 3 is 2.23 bits per heavy atom. The number of nitrogens with two attached hydrogens (primary N) is 3. The van der Waals surface area contributed by atoms with E-state index in [1.54, 1.807) is 32.0 Å². The van der Waals surface area contributed by atoms with Gasteiger partial charge in [0.05, 0.1) is 29.6 Å². The Labute approximate surface area is 385 Å². The lowest BCUT2D eigenvalue weighted by Crippen LogP contribution is -2.56. The summed E-state index contributed by atoms with van der Waals surface area (Å²) in [6.07, 6.45) is -0.0596. The van der Waals surface area contributed by atoms with Crippen LogP contribution in [0.4, 0.5) is 0 Å². The normalized spacial score (nSPS) is 16.8. The Bertz CT molecular complexity index is 2460. The highest BCUT2D eigenvalue weighted by Crippen LogP contribution is 2.40. The zero-order chi connectivity index (χ0) is 48.5. The summed E-state index contributed by atoms with van der Waals surface area (Å²) in [6.45, 7) is 11.4. The SMILES string of the molecule is Cc1nc(-c2ccc(C(C)(C)C)cc2)nc(C)c1C(=O)N[C@@H](CCN)C(=O)N(C)[C@@H]1C(=O)N[C@@H](C)C(=O)N[C@H](C(=O)NCC#N)Cc2ccc(OCC(CN)CN)c(c2)-c2cc1ccc2O. The Morgan fingerprint density at radius 2 is 1.62 bits per heavy atom. The van der Waals surface area contributed by atoms with E-state index in [-0.39, 0.29) is 79.4 Å². The van der Waals surface area contributed by atoms with Gasteiger partial charge in [-0.3, -0.25) is 24.0 Å². The zero-order valence-corrected chi connectivity index (χ0v) is 38.5. The molecule has 0 unspecified atom stereocenters. The molecule has 0 saturated carbocycles. The highest BCUT2D eigenvalue weighted by molar-refractivity contribution is 6.00. The first kappa shape index (κ1) is 50.1. The minimum absolute atomic E-state index is 0.0166. The molecular formula is C48H61N11O7. The number of fused-ring (bicyclic) bond motifs is 5. The third-order valence-corrected chi connectivity index (χ3v) is 11.5. The van der Waals surface area contributed by atoms with Crippen LogP contribution in [0.25, 0.3) is 22.5 Å². The fourth-order valence-electron chi connectivity index (χ4n) is 7.64. The minimum atomic E-state index is -1.45. The van der Waals surface area contributed by atoms with Crippen molar-refractivity contribution in [1.82, 2.24) is 36.1 Å².